The number of aliphatic hydroxyl groups excluding tert-OH is 1. The monoisotopic (exact) mass is 448 g/mol. The molecule has 2 unspecified atom stereocenters. The normalized spacial score (nSPS) is 18.9. The molecule has 5 nitrogen and oxygen atoms in total. The third kappa shape index (κ3) is 4.42. The largest absolute Gasteiger partial charge is 0.497 e. The summed E-state index contributed by atoms with van der Waals surface area (Å²) in [5, 5.41) is 12.5. The maximum absolute atomic E-state index is 13.1. The van der Waals surface area contributed by atoms with Crippen LogP contribution in [0.5, 0.6) is 5.75 Å². The van der Waals surface area contributed by atoms with E-state index < -0.39 is 23.9 Å². The molecule has 1 aliphatic heterocycles. The maximum atomic E-state index is 13.1. The van der Waals surface area contributed by atoms with Crippen LogP contribution in [0.2, 0.25) is 0 Å². The number of methoxy groups -OCH3 is 1. The molecule has 0 bridgehead atoms. The number of hydrogen-bond donors (Lipinski definition) is 1. The SMILES string of the molecule is COc1ccc(-c2nc(C(=O)N3CC(O)CC3c3ccc(C(F)(F)F)cc3)cs2)cc1. The van der Waals surface area contributed by atoms with E-state index in [1.165, 1.54) is 28.4 Å². The van der Waals surface area contributed by atoms with Crippen molar-refractivity contribution < 1.29 is 27.8 Å². The van der Waals surface area contributed by atoms with Crippen molar-refractivity contribution in [1.82, 2.24) is 9.88 Å². The summed E-state index contributed by atoms with van der Waals surface area (Å²) in [7, 11) is 1.58. The number of nitrogens with zero attached hydrogens (tertiary/aromatic N) is 2. The van der Waals surface area contributed by atoms with E-state index in [0.717, 1.165) is 17.7 Å². The molecule has 0 spiro atoms. The van der Waals surface area contributed by atoms with Crippen LogP contribution in [0.1, 0.15) is 34.1 Å². The smallest absolute Gasteiger partial charge is 0.416 e. The number of amides is 1. The number of likely N-dealkylation sites (tertiary alicyclic amines) is 1. The van der Waals surface area contributed by atoms with E-state index in [1.54, 1.807) is 24.6 Å². The van der Waals surface area contributed by atoms with Gasteiger partial charge in [0, 0.05) is 17.5 Å². The van der Waals surface area contributed by atoms with Gasteiger partial charge in [-0.15, -0.1) is 11.3 Å². The zero-order valence-electron chi connectivity index (χ0n) is 16.5. The van der Waals surface area contributed by atoms with Crippen LogP contribution >= 0.6 is 11.3 Å². The topological polar surface area (TPSA) is 62.7 Å². The lowest BCUT2D eigenvalue weighted by molar-refractivity contribution is -0.137. The lowest BCUT2D eigenvalue weighted by atomic mass is 10.0. The second-order valence-electron chi connectivity index (χ2n) is 7.25. The lowest BCUT2D eigenvalue weighted by Gasteiger charge is -2.24. The number of rotatable bonds is 4. The average molecular weight is 448 g/mol. The molecule has 2 heterocycles. The molecule has 1 aromatic heterocycles. The van der Waals surface area contributed by atoms with Gasteiger partial charge >= 0.3 is 6.18 Å². The van der Waals surface area contributed by atoms with Gasteiger partial charge in [0.15, 0.2) is 0 Å². The van der Waals surface area contributed by atoms with Gasteiger partial charge in [-0.25, -0.2) is 4.98 Å². The van der Waals surface area contributed by atoms with E-state index in [9.17, 15) is 23.1 Å². The van der Waals surface area contributed by atoms with Crippen LogP contribution in [-0.2, 0) is 6.18 Å². The van der Waals surface area contributed by atoms with Crippen LogP contribution in [0.15, 0.2) is 53.9 Å². The van der Waals surface area contributed by atoms with Gasteiger partial charge in [-0.2, -0.15) is 13.2 Å². The Kier molecular flexibility index (Phi) is 5.72. The molecular formula is C22H19F3N2O3S. The van der Waals surface area contributed by atoms with Crippen molar-refractivity contribution in [2.75, 3.05) is 13.7 Å². The summed E-state index contributed by atoms with van der Waals surface area (Å²) in [6.45, 7) is 0.0971. The van der Waals surface area contributed by atoms with Gasteiger partial charge in [0.25, 0.3) is 5.91 Å². The predicted molar refractivity (Wildman–Crippen MR) is 110 cm³/mol. The van der Waals surface area contributed by atoms with Crippen molar-refractivity contribution in [3.63, 3.8) is 0 Å². The molecule has 9 heteroatoms. The molecule has 1 aliphatic rings. The summed E-state index contributed by atoms with van der Waals surface area (Å²) in [6, 6.07) is 11.5. The highest BCUT2D eigenvalue weighted by Gasteiger charge is 2.37. The van der Waals surface area contributed by atoms with E-state index in [-0.39, 0.29) is 24.6 Å². The Morgan fingerprint density at radius 2 is 1.84 bits per heavy atom. The van der Waals surface area contributed by atoms with Gasteiger partial charge < -0.3 is 14.7 Å². The van der Waals surface area contributed by atoms with Crippen molar-refractivity contribution in [2.24, 2.45) is 0 Å². The molecule has 3 aromatic rings. The van der Waals surface area contributed by atoms with Crippen molar-refractivity contribution in [3.05, 3.63) is 70.7 Å². The van der Waals surface area contributed by atoms with E-state index in [4.69, 9.17) is 4.74 Å². The summed E-state index contributed by atoms with van der Waals surface area (Å²) in [5.41, 5.74) is 0.868. The molecular weight excluding hydrogens is 429 g/mol. The predicted octanol–water partition coefficient (Wildman–Crippen LogP) is 4.79. The number of β-amino-alcohol motifs (C(OH)–C–C–N with tert-alkyl or cyclic N) is 1. The van der Waals surface area contributed by atoms with Gasteiger partial charge in [-0.05, 0) is 48.4 Å². The molecule has 0 radical (unpaired) electrons. The van der Waals surface area contributed by atoms with Gasteiger partial charge in [0.1, 0.15) is 16.5 Å². The fourth-order valence-corrected chi connectivity index (χ4v) is 4.43. The van der Waals surface area contributed by atoms with E-state index in [0.29, 0.717) is 16.3 Å². The van der Waals surface area contributed by atoms with E-state index in [1.807, 2.05) is 12.1 Å². The lowest BCUT2D eigenvalue weighted by Crippen LogP contribution is -2.32. The minimum absolute atomic E-state index is 0.0971. The quantitative estimate of drug-likeness (QED) is 0.624. The van der Waals surface area contributed by atoms with Crippen molar-refractivity contribution >= 4 is 17.2 Å². The van der Waals surface area contributed by atoms with Gasteiger partial charge in [-0.3, -0.25) is 4.79 Å². The van der Waals surface area contributed by atoms with E-state index >= 15 is 0 Å². The van der Waals surface area contributed by atoms with Crippen LogP contribution in [-0.4, -0.2) is 40.7 Å². The van der Waals surface area contributed by atoms with Crippen LogP contribution in [0.25, 0.3) is 10.6 Å². The Morgan fingerprint density at radius 1 is 1.16 bits per heavy atom. The molecule has 1 N–H and O–H groups in total. The summed E-state index contributed by atoms with van der Waals surface area (Å²) in [6.07, 6.45) is -4.93. The maximum Gasteiger partial charge on any atom is 0.416 e. The number of carbonyl (C=O) groups excluding carboxylic acids is 1. The van der Waals surface area contributed by atoms with Crippen LogP contribution in [0.3, 0.4) is 0 Å². The van der Waals surface area contributed by atoms with Crippen LogP contribution < -0.4 is 4.74 Å². The number of thiazole rings is 1. The van der Waals surface area contributed by atoms with Crippen LogP contribution in [0, 0.1) is 0 Å². The first-order valence-corrected chi connectivity index (χ1v) is 10.4. The summed E-state index contributed by atoms with van der Waals surface area (Å²) in [4.78, 5) is 19.0. The average Bonchev–Trinajstić information content (AvgIpc) is 3.40. The highest BCUT2D eigenvalue weighted by Crippen LogP contribution is 2.36. The number of aliphatic hydroxyl groups is 1. The number of halogens is 3. The fraction of sp³-hybridized carbons (Fsp3) is 0.273. The van der Waals surface area contributed by atoms with Gasteiger partial charge in [0.2, 0.25) is 0 Å². The van der Waals surface area contributed by atoms with Gasteiger partial charge in [-0.1, -0.05) is 12.1 Å². The van der Waals surface area contributed by atoms with Crippen molar-refractivity contribution in [1.29, 1.82) is 0 Å². The summed E-state index contributed by atoms with van der Waals surface area (Å²) >= 11 is 1.32. The Morgan fingerprint density at radius 3 is 2.45 bits per heavy atom. The first-order chi connectivity index (χ1) is 14.8. The summed E-state index contributed by atoms with van der Waals surface area (Å²) < 4.78 is 43.7. The standard InChI is InChI=1S/C22H19F3N2O3S/c1-30-17-8-4-14(5-9-17)20-26-18(12-31-20)21(29)27-11-16(28)10-19(27)13-2-6-15(7-3-13)22(23,24)25/h2-9,12,16,19,28H,10-11H2,1H3. The molecule has 2 aromatic carbocycles. The molecule has 162 valence electrons. The minimum Gasteiger partial charge on any atom is -0.497 e. The minimum atomic E-state index is -4.43. The number of benzene rings is 2. The van der Waals surface area contributed by atoms with Gasteiger partial charge in [0.05, 0.1) is 24.8 Å². The first kappa shape index (κ1) is 21.3. The molecule has 1 saturated heterocycles. The van der Waals surface area contributed by atoms with E-state index in [2.05, 4.69) is 4.98 Å². The zero-order valence-corrected chi connectivity index (χ0v) is 17.3. The Bertz CT molecular complexity index is 1060. The number of carbonyl (C=O) groups is 1. The second-order valence-corrected chi connectivity index (χ2v) is 8.11. The Labute approximate surface area is 180 Å². The zero-order chi connectivity index (χ0) is 22.2. The third-order valence-corrected chi connectivity index (χ3v) is 6.11. The molecule has 1 amide bonds. The fourth-order valence-electron chi connectivity index (χ4n) is 3.63. The number of aromatic nitrogens is 1. The molecule has 0 aliphatic carbocycles. The second kappa shape index (κ2) is 8.32. The Balaban J connectivity index is 1.56. The number of ether oxygens (including phenoxy) is 1. The molecule has 4 rings (SSSR count). The van der Waals surface area contributed by atoms with Crippen molar-refractivity contribution in [3.8, 4) is 16.3 Å². The molecule has 31 heavy (non-hydrogen) atoms. The molecule has 1 fully saturated rings. The molecule has 0 saturated carbocycles. The number of alkyl halides is 3. The first-order valence-electron chi connectivity index (χ1n) is 9.52. The Hall–Kier alpha value is -2.91. The number of hydrogen-bond acceptors (Lipinski definition) is 5. The highest BCUT2D eigenvalue weighted by atomic mass is 32.1. The molecule has 2 atom stereocenters. The summed E-state index contributed by atoms with van der Waals surface area (Å²) in [5.74, 6) is 0.347. The van der Waals surface area contributed by atoms with Crippen molar-refractivity contribution in [2.45, 2.75) is 24.7 Å². The van der Waals surface area contributed by atoms with Crippen LogP contribution in [0.4, 0.5) is 13.2 Å². The highest BCUT2D eigenvalue weighted by molar-refractivity contribution is 7.13. The third-order valence-electron chi connectivity index (χ3n) is 5.22.